The molecule has 25 heavy (non-hydrogen) atoms. The Morgan fingerprint density at radius 2 is 1.76 bits per heavy atom. The minimum Gasteiger partial charge on any atom is -0.493 e. The van der Waals surface area contributed by atoms with Crippen LogP contribution in [0.15, 0.2) is 48.5 Å². The topological polar surface area (TPSA) is 71.0 Å². The smallest absolute Gasteiger partial charge is 0.318 e. The highest BCUT2D eigenvalue weighted by atomic mass is 16.5. The van der Waals surface area contributed by atoms with Crippen molar-refractivity contribution >= 4 is 6.03 Å². The molecule has 0 aliphatic carbocycles. The molecule has 0 spiro atoms. The van der Waals surface area contributed by atoms with Gasteiger partial charge in [-0.1, -0.05) is 36.4 Å². The number of urea groups is 1. The maximum Gasteiger partial charge on any atom is 0.318 e. The number of ether oxygens (including phenoxy) is 2. The number of methoxy groups -OCH3 is 2. The molecule has 2 aromatic rings. The van der Waals surface area contributed by atoms with Crippen LogP contribution in [0.2, 0.25) is 0 Å². The molecule has 2 N–H and O–H groups in total. The average molecular weight is 344 g/mol. The van der Waals surface area contributed by atoms with Crippen LogP contribution in [0.1, 0.15) is 11.1 Å². The van der Waals surface area contributed by atoms with Gasteiger partial charge in [0, 0.05) is 19.6 Å². The Labute approximate surface area is 148 Å². The molecule has 2 rings (SSSR count). The largest absolute Gasteiger partial charge is 0.493 e. The minimum atomic E-state index is -0.229. The molecule has 0 aliphatic heterocycles. The summed E-state index contributed by atoms with van der Waals surface area (Å²) in [7, 11) is 3.15. The Hall–Kier alpha value is -2.73. The van der Waals surface area contributed by atoms with Gasteiger partial charge < -0.3 is 24.8 Å². The summed E-state index contributed by atoms with van der Waals surface area (Å²) in [5.41, 5.74) is 1.91. The van der Waals surface area contributed by atoms with Crippen molar-refractivity contribution in [1.82, 2.24) is 10.2 Å². The summed E-state index contributed by atoms with van der Waals surface area (Å²) in [6.45, 7) is 0.984. The van der Waals surface area contributed by atoms with E-state index in [1.165, 1.54) is 0 Å². The Morgan fingerprint density at radius 3 is 2.40 bits per heavy atom. The van der Waals surface area contributed by atoms with Crippen molar-refractivity contribution in [2.24, 2.45) is 0 Å². The molecule has 0 aromatic heterocycles. The first-order chi connectivity index (χ1) is 12.2. The zero-order valence-electron chi connectivity index (χ0n) is 14.6. The third-order valence-corrected chi connectivity index (χ3v) is 3.77. The fraction of sp³-hybridized carbons (Fsp3) is 0.316. The normalized spacial score (nSPS) is 10.2. The number of aliphatic hydroxyl groups is 1. The van der Waals surface area contributed by atoms with Crippen LogP contribution in [0.4, 0.5) is 4.79 Å². The lowest BCUT2D eigenvalue weighted by Crippen LogP contribution is -2.40. The van der Waals surface area contributed by atoms with Gasteiger partial charge in [-0.05, 0) is 23.3 Å². The van der Waals surface area contributed by atoms with Gasteiger partial charge in [0.1, 0.15) is 0 Å². The molecule has 0 aliphatic rings. The first-order valence-corrected chi connectivity index (χ1v) is 8.06. The highest BCUT2D eigenvalue weighted by molar-refractivity contribution is 5.74. The molecule has 0 unspecified atom stereocenters. The SMILES string of the molecule is COc1ccc(CNC(=O)N(CCO)Cc2ccccc2)cc1OC. The van der Waals surface area contributed by atoms with Crippen molar-refractivity contribution in [3.8, 4) is 11.5 Å². The van der Waals surface area contributed by atoms with E-state index in [4.69, 9.17) is 9.47 Å². The van der Waals surface area contributed by atoms with E-state index in [1.807, 2.05) is 42.5 Å². The number of amides is 2. The number of aliphatic hydroxyl groups excluding tert-OH is 1. The van der Waals surface area contributed by atoms with E-state index in [0.717, 1.165) is 11.1 Å². The molecule has 0 saturated carbocycles. The Morgan fingerprint density at radius 1 is 1.04 bits per heavy atom. The summed E-state index contributed by atoms with van der Waals surface area (Å²) < 4.78 is 10.5. The number of nitrogens with one attached hydrogen (secondary N) is 1. The standard InChI is InChI=1S/C19H24N2O4/c1-24-17-9-8-16(12-18(17)25-2)13-20-19(23)21(10-11-22)14-15-6-4-3-5-7-15/h3-9,12,22H,10-11,13-14H2,1-2H3,(H,20,23). The summed E-state index contributed by atoms with van der Waals surface area (Å²) in [6.07, 6.45) is 0. The van der Waals surface area contributed by atoms with E-state index in [9.17, 15) is 9.90 Å². The van der Waals surface area contributed by atoms with Gasteiger partial charge in [-0.3, -0.25) is 0 Å². The molecule has 134 valence electrons. The predicted octanol–water partition coefficient (Wildman–Crippen LogP) is 2.41. The van der Waals surface area contributed by atoms with Gasteiger partial charge in [0.25, 0.3) is 0 Å². The lowest BCUT2D eigenvalue weighted by atomic mass is 10.2. The summed E-state index contributed by atoms with van der Waals surface area (Å²) in [5.74, 6) is 1.26. The van der Waals surface area contributed by atoms with Crippen molar-refractivity contribution in [1.29, 1.82) is 0 Å². The van der Waals surface area contributed by atoms with Crippen molar-refractivity contribution in [2.75, 3.05) is 27.4 Å². The van der Waals surface area contributed by atoms with E-state index in [1.54, 1.807) is 25.2 Å². The van der Waals surface area contributed by atoms with Crippen LogP contribution in [0.3, 0.4) is 0 Å². The molecule has 6 nitrogen and oxygen atoms in total. The number of hydrogen-bond donors (Lipinski definition) is 2. The van der Waals surface area contributed by atoms with Crippen LogP contribution in [0, 0.1) is 0 Å². The van der Waals surface area contributed by atoms with Gasteiger partial charge in [0.05, 0.1) is 20.8 Å². The number of carbonyl (C=O) groups excluding carboxylic acids is 1. The van der Waals surface area contributed by atoms with Gasteiger partial charge in [-0.2, -0.15) is 0 Å². The summed E-state index contributed by atoms with van der Waals surface area (Å²) in [6, 6.07) is 14.9. The highest BCUT2D eigenvalue weighted by Gasteiger charge is 2.13. The fourth-order valence-electron chi connectivity index (χ4n) is 2.46. The number of hydrogen-bond acceptors (Lipinski definition) is 4. The maximum absolute atomic E-state index is 12.4. The van der Waals surface area contributed by atoms with Crippen LogP contribution in [0.5, 0.6) is 11.5 Å². The Kier molecular flexibility index (Phi) is 7.10. The molecule has 0 saturated heterocycles. The van der Waals surface area contributed by atoms with E-state index in [0.29, 0.717) is 24.6 Å². The first-order valence-electron chi connectivity index (χ1n) is 8.06. The molecule has 0 heterocycles. The monoisotopic (exact) mass is 344 g/mol. The zero-order valence-corrected chi connectivity index (χ0v) is 14.6. The van der Waals surface area contributed by atoms with E-state index in [2.05, 4.69) is 5.32 Å². The van der Waals surface area contributed by atoms with Crippen LogP contribution in [-0.2, 0) is 13.1 Å². The van der Waals surface area contributed by atoms with Crippen LogP contribution in [0.25, 0.3) is 0 Å². The maximum atomic E-state index is 12.4. The van der Waals surface area contributed by atoms with Crippen molar-refractivity contribution < 1.29 is 19.4 Å². The van der Waals surface area contributed by atoms with Gasteiger partial charge >= 0.3 is 6.03 Å². The minimum absolute atomic E-state index is 0.0867. The molecule has 0 bridgehead atoms. The first kappa shape index (κ1) is 18.6. The van der Waals surface area contributed by atoms with Crippen molar-refractivity contribution in [3.63, 3.8) is 0 Å². The number of carbonyl (C=O) groups is 1. The van der Waals surface area contributed by atoms with Gasteiger partial charge in [0.2, 0.25) is 0 Å². The second kappa shape index (κ2) is 9.54. The average Bonchev–Trinajstić information content (AvgIpc) is 2.66. The van der Waals surface area contributed by atoms with E-state index < -0.39 is 0 Å². The van der Waals surface area contributed by atoms with Crippen LogP contribution >= 0.6 is 0 Å². The van der Waals surface area contributed by atoms with Gasteiger partial charge in [-0.15, -0.1) is 0 Å². The Bertz CT molecular complexity index is 676. The molecule has 2 aromatic carbocycles. The number of nitrogens with zero attached hydrogens (tertiary/aromatic N) is 1. The Balaban J connectivity index is 1.98. The highest BCUT2D eigenvalue weighted by Crippen LogP contribution is 2.27. The third-order valence-electron chi connectivity index (χ3n) is 3.77. The molecule has 0 fully saturated rings. The second-order valence-corrected chi connectivity index (χ2v) is 5.48. The molecule has 0 radical (unpaired) electrons. The molecular formula is C19H24N2O4. The van der Waals surface area contributed by atoms with Gasteiger partial charge in [-0.25, -0.2) is 4.79 Å². The van der Waals surface area contributed by atoms with E-state index in [-0.39, 0.29) is 19.2 Å². The van der Waals surface area contributed by atoms with Crippen LogP contribution < -0.4 is 14.8 Å². The predicted molar refractivity (Wildman–Crippen MR) is 95.7 cm³/mol. The third kappa shape index (κ3) is 5.39. The molecule has 6 heteroatoms. The number of rotatable bonds is 8. The lowest BCUT2D eigenvalue weighted by Gasteiger charge is -2.22. The number of benzene rings is 2. The van der Waals surface area contributed by atoms with Crippen molar-refractivity contribution in [3.05, 3.63) is 59.7 Å². The molecule has 2 amide bonds. The molecule has 0 atom stereocenters. The quantitative estimate of drug-likeness (QED) is 0.771. The van der Waals surface area contributed by atoms with E-state index >= 15 is 0 Å². The van der Waals surface area contributed by atoms with Crippen molar-refractivity contribution in [2.45, 2.75) is 13.1 Å². The van der Waals surface area contributed by atoms with Crippen LogP contribution in [-0.4, -0.2) is 43.4 Å². The van der Waals surface area contributed by atoms with Gasteiger partial charge in [0.15, 0.2) is 11.5 Å². The second-order valence-electron chi connectivity index (χ2n) is 5.48. The summed E-state index contributed by atoms with van der Waals surface area (Å²) >= 11 is 0. The summed E-state index contributed by atoms with van der Waals surface area (Å²) in [4.78, 5) is 14.0. The lowest BCUT2D eigenvalue weighted by molar-refractivity contribution is 0.173. The summed E-state index contributed by atoms with van der Waals surface area (Å²) in [5, 5.41) is 12.1. The molecular weight excluding hydrogens is 320 g/mol. The zero-order chi connectivity index (χ0) is 18.1. The fourth-order valence-corrected chi connectivity index (χ4v) is 2.46.